The number of likely N-dealkylation sites (tertiary alicyclic amines) is 1. The van der Waals surface area contributed by atoms with Gasteiger partial charge in [-0.2, -0.15) is 0 Å². The molecule has 3 heterocycles. The van der Waals surface area contributed by atoms with Crippen molar-refractivity contribution >= 4 is 12.4 Å². The number of aromatic nitrogens is 3. The Hall–Kier alpha value is -2.85. The van der Waals surface area contributed by atoms with E-state index in [-0.39, 0.29) is 24.1 Å². The van der Waals surface area contributed by atoms with Crippen LogP contribution in [0.25, 0.3) is 0 Å². The Kier molecular flexibility index (Phi) is 7.69. The predicted octanol–water partition coefficient (Wildman–Crippen LogP) is 0.734. The highest BCUT2D eigenvalue weighted by atomic mass is 19.1. The van der Waals surface area contributed by atoms with Crippen LogP contribution in [0.4, 0.5) is 4.39 Å². The third kappa shape index (κ3) is 5.45. The number of carboxylic acid groups (broad SMARTS) is 1. The van der Waals surface area contributed by atoms with Crippen molar-refractivity contribution in [3.63, 3.8) is 0 Å². The highest BCUT2D eigenvalue weighted by molar-refractivity contribution is 5.84. The minimum atomic E-state index is -0.482. The minimum Gasteiger partial charge on any atom is -0.483 e. The molecule has 9 nitrogen and oxygen atoms in total. The van der Waals surface area contributed by atoms with Crippen LogP contribution >= 0.6 is 0 Å². The van der Waals surface area contributed by atoms with Crippen molar-refractivity contribution in [2.75, 3.05) is 39.4 Å². The maximum absolute atomic E-state index is 13.3. The maximum atomic E-state index is 13.3. The van der Waals surface area contributed by atoms with Crippen molar-refractivity contribution in [3.8, 4) is 0 Å². The highest BCUT2D eigenvalue weighted by Crippen LogP contribution is 2.41. The third-order valence-corrected chi connectivity index (χ3v) is 5.95. The summed E-state index contributed by atoms with van der Waals surface area (Å²) < 4.78 is 21.0. The molecule has 1 aromatic heterocycles. The van der Waals surface area contributed by atoms with E-state index in [1.165, 1.54) is 12.1 Å². The van der Waals surface area contributed by atoms with Gasteiger partial charge < -0.3 is 19.7 Å². The van der Waals surface area contributed by atoms with Crippen LogP contribution in [0.2, 0.25) is 0 Å². The molecule has 31 heavy (non-hydrogen) atoms. The van der Waals surface area contributed by atoms with Gasteiger partial charge in [0.1, 0.15) is 18.0 Å². The minimum absolute atomic E-state index is 0.0504. The van der Waals surface area contributed by atoms with Gasteiger partial charge in [0.25, 0.3) is 6.47 Å². The van der Waals surface area contributed by atoms with Crippen molar-refractivity contribution in [2.24, 2.45) is 11.3 Å². The normalized spacial score (nSPS) is 22.5. The summed E-state index contributed by atoms with van der Waals surface area (Å²) in [6.07, 6.45) is 2.35. The van der Waals surface area contributed by atoms with Gasteiger partial charge in [0.2, 0.25) is 5.91 Å². The number of nitrogens with zero attached hydrogens (tertiary/aromatic N) is 4. The van der Waals surface area contributed by atoms with Crippen LogP contribution in [-0.4, -0.2) is 76.5 Å². The fraction of sp³-hybridized carbons (Fsp3) is 0.524. The standard InChI is InChI=1S/C20H26FN5O2.CH2O2/c1-15-24-23-14-26(15)8-7-25-10-17-11-28-13-20(17,12-25)19(27)22-6-5-16-3-2-4-18(21)9-16;2-1-3/h2-4,9,14,17H,5-8,10-13H2,1H3,(H,22,27);1H,(H,2,3)/t17-,20-;/m1./s1. The van der Waals surface area contributed by atoms with E-state index in [1.54, 1.807) is 12.4 Å². The van der Waals surface area contributed by atoms with Gasteiger partial charge in [-0.3, -0.25) is 14.5 Å². The lowest BCUT2D eigenvalue weighted by atomic mass is 9.80. The van der Waals surface area contributed by atoms with E-state index in [2.05, 4.69) is 20.4 Å². The van der Waals surface area contributed by atoms with Crippen molar-refractivity contribution < 1.29 is 23.8 Å². The zero-order chi connectivity index (χ0) is 22.3. The quantitative estimate of drug-likeness (QED) is 0.620. The molecule has 2 saturated heterocycles. The summed E-state index contributed by atoms with van der Waals surface area (Å²) in [7, 11) is 0. The van der Waals surface area contributed by atoms with E-state index < -0.39 is 5.41 Å². The van der Waals surface area contributed by atoms with Gasteiger partial charge in [-0.15, -0.1) is 10.2 Å². The molecule has 0 saturated carbocycles. The molecular weight excluding hydrogens is 405 g/mol. The summed E-state index contributed by atoms with van der Waals surface area (Å²) >= 11 is 0. The number of amides is 1. The zero-order valence-electron chi connectivity index (χ0n) is 17.5. The molecule has 2 aliphatic heterocycles. The second kappa shape index (κ2) is 10.5. The lowest BCUT2D eigenvalue weighted by Gasteiger charge is -2.26. The van der Waals surface area contributed by atoms with Gasteiger partial charge in [-0.1, -0.05) is 12.1 Å². The average Bonchev–Trinajstić information content (AvgIpc) is 3.41. The molecule has 1 amide bonds. The molecule has 168 valence electrons. The molecule has 4 rings (SSSR count). The molecule has 0 spiro atoms. The summed E-state index contributed by atoms with van der Waals surface area (Å²) in [5, 5.41) is 17.9. The number of halogens is 1. The van der Waals surface area contributed by atoms with Crippen molar-refractivity contribution in [3.05, 3.63) is 47.8 Å². The monoisotopic (exact) mass is 433 g/mol. The molecule has 2 atom stereocenters. The smallest absolute Gasteiger partial charge is 0.290 e. The Morgan fingerprint density at radius 1 is 1.45 bits per heavy atom. The Bertz CT molecular complexity index is 892. The van der Waals surface area contributed by atoms with Crippen molar-refractivity contribution in [2.45, 2.75) is 19.9 Å². The first kappa shape index (κ1) is 22.8. The number of carbonyl (C=O) groups excluding carboxylic acids is 1. The van der Waals surface area contributed by atoms with Gasteiger partial charge in [-0.25, -0.2) is 4.39 Å². The second-order valence-electron chi connectivity index (χ2n) is 7.92. The van der Waals surface area contributed by atoms with E-state index >= 15 is 0 Å². The number of ether oxygens (including phenoxy) is 1. The van der Waals surface area contributed by atoms with Crippen LogP contribution in [0.3, 0.4) is 0 Å². The van der Waals surface area contributed by atoms with Crippen LogP contribution in [0.1, 0.15) is 11.4 Å². The fourth-order valence-electron chi connectivity index (χ4n) is 4.30. The third-order valence-electron chi connectivity index (χ3n) is 5.95. The predicted molar refractivity (Wildman–Crippen MR) is 110 cm³/mol. The summed E-state index contributed by atoms with van der Waals surface area (Å²) in [5.41, 5.74) is 0.402. The second-order valence-corrected chi connectivity index (χ2v) is 7.92. The van der Waals surface area contributed by atoms with Gasteiger partial charge in [0.05, 0.1) is 18.6 Å². The van der Waals surface area contributed by atoms with E-state index in [4.69, 9.17) is 14.6 Å². The van der Waals surface area contributed by atoms with Gasteiger partial charge >= 0.3 is 0 Å². The summed E-state index contributed by atoms with van der Waals surface area (Å²) in [6, 6.07) is 6.50. The Balaban J connectivity index is 0.000000858. The number of hydrogen-bond acceptors (Lipinski definition) is 6. The van der Waals surface area contributed by atoms with Gasteiger partial charge in [0, 0.05) is 38.6 Å². The van der Waals surface area contributed by atoms with Crippen LogP contribution in [0.15, 0.2) is 30.6 Å². The zero-order valence-corrected chi connectivity index (χ0v) is 17.5. The highest BCUT2D eigenvalue weighted by Gasteiger charge is 2.55. The first-order chi connectivity index (χ1) is 15.0. The Morgan fingerprint density at radius 3 is 2.97 bits per heavy atom. The number of rotatable bonds is 7. The maximum Gasteiger partial charge on any atom is 0.290 e. The first-order valence-corrected chi connectivity index (χ1v) is 10.2. The number of hydrogen-bond donors (Lipinski definition) is 2. The molecular formula is C21H28FN5O4. The van der Waals surface area contributed by atoms with Crippen LogP contribution in [0, 0.1) is 24.1 Å². The topological polar surface area (TPSA) is 110 Å². The van der Waals surface area contributed by atoms with E-state index in [0.29, 0.717) is 32.7 Å². The molecule has 2 N–H and O–H groups in total. The number of benzene rings is 1. The molecule has 1 aromatic carbocycles. The van der Waals surface area contributed by atoms with Crippen LogP contribution < -0.4 is 5.32 Å². The van der Waals surface area contributed by atoms with Crippen molar-refractivity contribution in [1.82, 2.24) is 25.0 Å². The largest absolute Gasteiger partial charge is 0.483 e. The number of nitrogens with one attached hydrogen (secondary N) is 1. The Labute approximate surface area is 180 Å². The molecule has 0 unspecified atom stereocenters. The first-order valence-electron chi connectivity index (χ1n) is 10.2. The van der Waals surface area contributed by atoms with Crippen LogP contribution in [-0.2, 0) is 27.3 Å². The number of carbonyl (C=O) groups is 2. The van der Waals surface area contributed by atoms with E-state index in [9.17, 15) is 9.18 Å². The number of aryl methyl sites for hydroxylation is 1. The van der Waals surface area contributed by atoms with E-state index in [0.717, 1.165) is 31.0 Å². The lowest BCUT2D eigenvalue weighted by Crippen LogP contribution is -2.47. The van der Waals surface area contributed by atoms with Crippen molar-refractivity contribution in [1.29, 1.82) is 0 Å². The Morgan fingerprint density at radius 2 is 2.26 bits per heavy atom. The molecule has 0 radical (unpaired) electrons. The SMILES string of the molecule is Cc1nncn1CCN1C[C@@H]2COC[C@]2(C(=O)NCCc2cccc(F)c2)C1.O=CO. The molecule has 2 aliphatic rings. The van der Waals surface area contributed by atoms with E-state index in [1.807, 2.05) is 17.6 Å². The molecule has 0 bridgehead atoms. The summed E-state index contributed by atoms with van der Waals surface area (Å²) in [6.45, 7) is 6.50. The van der Waals surface area contributed by atoms with Gasteiger partial charge in [0.15, 0.2) is 0 Å². The number of fused-ring (bicyclic) bond motifs is 1. The molecule has 10 heteroatoms. The molecule has 0 aliphatic carbocycles. The average molecular weight is 433 g/mol. The molecule has 2 aromatic rings. The molecule has 2 fully saturated rings. The lowest BCUT2D eigenvalue weighted by molar-refractivity contribution is -0.131. The van der Waals surface area contributed by atoms with Gasteiger partial charge in [-0.05, 0) is 31.0 Å². The summed E-state index contributed by atoms with van der Waals surface area (Å²) in [5.74, 6) is 0.909. The fourth-order valence-corrected chi connectivity index (χ4v) is 4.30. The summed E-state index contributed by atoms with van der Waals surface area (Å²) in [4.78, 5) is 23.7. The van der Waals surface area contributed by atoms with Crippen LogP contribution in [0.5, 0.6) is 0 Å².